The zero-order valence-electron chi connectivity index (χ0n) is 11.4. The Kier molecular flexibility index (Phi) is 3.36. The summed E-state index contributed by atoms with van der Waals surface area (Å²) in [5, 5.41) is 9.26. The molecule has 0 saturated heterocycles. The van der Waals surface area contributed by atoms with Crippen LogP contribution in [0.25, 0.3) is 11.1 Å². The van der Waals surface area contributed by atoms with Gasteiger partial charge >= 0.3 is 0 Å². The molecule has 0 saturated carbocycles. The maximum Gasteiger partial charge on any atom is 0.123 e. The van der Waals surface area contributed by atoms with Crippen LogP contribution in [0.3, 0.4) is 0 Å². The lowest BCUT2D eigenvalue weighted by Crippen LogP contribution is -1.93. The minimum atomic E-state index is -0.237. The maximum absolute atomic E-state index is 13.5. The van der Waals surface area contributed by atoms with Crippen molar-refractivity contribution in [2.45, 2.75) is 19.8 Å². The van der Waals surface area contributed by atoms with Crippen LogP contribution in [-0.2, 0) is 0 Å². The summed E-state index contributed by atoms with van der Waals surface area (Å²) < 4.78 is 13.5. The number of aliphatic hydroxyl groups is 1. The van der Waals surface area contributed by atoms with E-state index in [-0.39, 0.29) is 12.4 Å². The Bertz CT molecular complexity index is 680. The van der Waals surface area contributed by atoms with Crippen molar-refractivity contribution in [1.29, 1.82) is 0 Å². The average molecular weight is 269 g/mol. The summed E-state index contributed by atoms with van der Waals surface area (Å²) in [6.07, 6.45) is 7.01. The number of halogens is 1. The van der Waals surface area contributed by atoms with Crippen LogP contribution in [-0.4, -0.2) is 17.9 Å². The Morgan fingerprint density at radius 3 is 2.85 bits per heavy atom. The number of hydrogen-bond acceptors (Lipinski definition) is 2. The summed E-state index contributed by atoms with van der Waals surface area (Å²) in [6, 6.07) is 4.90. The molecule has 1 aromatic rings. The molecule has 2 nitrogen and oxygen atoms in total. The predicted octanol–water partition coefficient (Wildman–Crippen LogP) is 3.74. The van der Waals surface area contributed by atoms with Gasteiger partial charge in [-0.25, -0.2) is 4.39 Å². The summed E-state index contributed by atoms with van der Waals surface area (Å²) in [5.74, 6) is -0.237. The molecule has 0 radical (unpaired) electrons. The van der Waals surface area contributed by atoms with Crippen LogP contribution >= 0.6 is 0 Å². The van der Waals surface area contributed by atoms with E-state index in [9.17, 15) is 9.50 Å². The predicted molar refractivity (Wildman–Crippen MR) is 79.9 cm³/mol. The number of aliphatic hydroxyl groups excluding tert-OH is 1. The molecule has 0 aromatic heterocycles. The van der Waals surface area contributed by atoms with Crippen LogP contribution in [0.5, 0.6) is 0 Å². The molecule has 0 atom stereocenters. The summed E-state index contributed by atoms with van der Waals surface area (Å²) in [6.45, 7) is 2.12. The first-order chi connectivity index (χ1) is 9.72. The summed E-state index contributed by atoms with van der Waals surface area (Å²) in [7, 11) is 0. The highest BCUT2D eigenvalue weighted by Crippen LogP contribution is 2.45. The molecule has 0 spiro atoms. The quantitative estimate of drug-likeness (QED) is 0.871. The number of hydrogen-bond donors (Lipinski definition) is 1. The van der Waals surface area contributed by atoms with Gasteiger partial charge in [0.05, 0.1) is 0 Å². The monoisotopic (exact) mass is 269 g/mol. The average Bonchev–Trinajstić information content (AvgIpc) is 2.73. The van der Waals surface area contributed by atoms with Gasteiger partial charge in [-0.05, 0) is 65.0 Å². The lowest BCUT2D eigenvalue weighted by atomic mass is 9.95. The second-order valence-corrected chi connectivity index (χ2v) is 5.02. The maximum atomic E-state index is 13.5. The third-order valence-corrected chi connectivity index (χ3v) is 3.87. The SMILES string of the molecule is CC1=C(CCO)c2cc(F)ccc2/C1=C1\C=CN=CC1. The van der Waals surface area contributed by atoms with Gasteiger partial charge in [-0.3, -0.25) is 4.99 Å². The van der Waals surface area contributed by atoms with Gasteiger partial charge in [-0.1, -0.05) is 6.07 Å². The molecule has 0 bridgehead atoms. The largest absolute Gasteiger partial charge is 0.396 e. The van der Waals surface area contributed by atoms with Crippen molar-refractivity contribution in [3.05, 3.63) is 58.6 Å². The van der Waals surface area contributed by atoms with E-state index < -0.39 is 0 Å². The molecular formula is C17H16FNO. The Morgan fingerprint density at radius 1 is 1.30 bits per heavy atom. The molecule has 1 aliphatic heterocycles. The van der Waals surface area contributed by atoms with Crippen LogP contribution in [0.2, 0.25) is 0 Å². The zero-order chi connectivity index (χ0) is 14.1. The van der Waals surface area contributed by atoms with Gasteiger partial charge in [0.15, 0.2) is 0 Å². The van der Waals surface area contributed by atoms with E-state index in [0.717, 1.165) is 34.3 Å². The van der Waals surface area contributed by atoms with Gasteiger partial charge in [-0.2, -0.15) is 0 Å². The van der Waals surface area contributed by atoms with Crippen molar-refractivity contribution in [1.82, 2.24) is 0 Å². The second-order valence-electron chi connectivity index (χ2n) is 5.02. The standard InChI is InChI=1S/C17H16FNO/c1-11-14(6-9-20)16-10-13(18)2-3-15(16)17(11)12-4-7-19-8-5-12/h2-4,7-8,10,20H,5-6,9H2,1H3/b17-12+. The van der Waals surface area contributed by atoms with Crippen molar-refractivity contribution in [3.63, 3.8) is 0 Å². The Morgan fingerprint density at radius 2 is 2.15 bits per heavy atom. The van der Waals surface area contributed by atoms with Crippen LogP contribution in [0, 0.1) is 5.82 Å². The van der Waals surface area contributed by atoms with Crippen LogP contribution in [0.15, 0.2) is 46.6 Å². The molecule has 3 heteroatoms. The number of benzene rings is 1. The molecule has 20 heavy (non-hydrogen) atoms. The van der Waals surface area contributed by atoms with Gasteiger partial charge in [0.1, 0.15) is 5.82 Å². The van der Waals surface area contributed by atoms with Gasteiger partial charge in [-0.15, -0.1) is 0 Å². The van der Waals surface area contributed by atoms with Crippen molar-refractivity contribution >= 4 is 17.4 Å². The summed E-state index contributed by atoms with van der Waals surface area (Å²) in [4.78, 5) is 4.09. The number of aliphatic imine (C=N–C) groups is 1. The van der Waals surface area contributed by atoms with Crippen LogP contribution < -0.4 is 0 Å². The molecule has 0 fully saturated rings. The van der Waals surface area contributed by atoms with Crippen LogP contribution in [0.1, 0.15) is 30.9 Å². The number of fused-ring (bicyclic) bond motifs is 1. The normalized spacial score (nSPS) is 20.8. The molecule has 2 aliphatic rings. The Balaban J connectivity index is 2.22. The van der Waals surface area contributed by atoms with E-state index in [0.29, 0.717) is 6.42 Å². The molecule has 1 heterocycles. The molecule has 0 amide bonds. The molecule has 0 unspecified atom stereocenters. The van der Waals surface area contributed by atoms with E-state index in [4.69, 9.17) is 0 Å². The highest BCUT2D eigenvalue weighted by atomic mass is 19.1. The molecular weight excluding hydrogens is 253 g/mol. The fourth-order valence-corrected chi connectivity index (χ4v) is 2.99. The van der Waals surface area contributed by atoms with Gasteiger partial charge in [0.2, 0.25) is 0 Å². The number of rotatable bonds is 2. The lowest BCUT2D eigenvalue weighted by molar-refractivity contribution is 0.305. The van der Waals surface area contributed by atoms with Gasteiger partial charge < -0.3 is 5.11 Å². The number of nitrogens with zero attached hydrogens (tertiary/aromatic N) is 1. The summed E-state index contributed by atoms with van der Waals surface area (Å²) >= 11 is 0. The van der Waals surface area contributed by atoms with E-state index in [2.05, 4.69) is 4.99 Å². The van der Waals surface area contributed by atoms with E-state index >= 15 is 0 Å². The highest BCUT2D eigenvalue weighted by Gasteiger charge is 2.25. The third kappa shape index (κ3) is 2.04. The first-order valence-corrected chi connectivity index (χ1v) is 6.75. The molecule has 1 aliphatic carbocycles. The Hall–Kier alpha value is -2.00. The van der Waals surface area contributed by atoms with Crippen molar-refractivity contribution in [3.8, 4) is 0 Å². The first-order valence-electron chi connectivity index (χ1n) is 6.75. The van der Waals surface area contributed by atoms with E-state index in [1.165, 1.54) is 11.6 Å². The second kappa shape index (κ2) is 5.17. The smallest absolute Gasteiger partial charge is 0.123 e. The fraction of sp³-hybridized carbons (Fsp3) is 0.235. The third-order valence-electron chi connectivity index (χ3n) is 3.87. The van der Waals surface area contributed by atoms with E-state index in [1.807, 2.05) is 25.3 Å². The van der Waals surface area contributed by atoms with Gasteiger partial charge in [0.25, 0.3) is 0 Å². The van der Waals surface area contributed by atoms with Gasteiger partial charge in [0, 0.05) is 25.4 Å². The lowest BCUT2D eigenvalue weighted by Gasteiger charge is -2.10. The van der Waals surface area contributed by atoms with Crippen LogP contribution in [0.4, 0.5) is 4.39 Å². The summed E-state index contributed by atoms with van der Waals surface area (Å²) in [5.41, 5.74) is 6.50. The molecule has 102 valence electrons. The topological polar surface area (TPSA) is 32.6 Å². The molecule has 1 aromatic carbocycles. The molecule has 1 N–H and O–H groups in total. The Labute approximate surface area is 117 Å². The zero-order valence-corrected chi connectivity index (χ0v) is 11.4. The van der Waals surface area contributed by atoms with Crippen molar-refractivity contribution < 1.29 is 9.50 Å². The van der Waals surface area contributed by atoms with E-state index in [1.54, 1.807) is 12.3 Å². The minimum absolute atomic E-state index is 0.0720. The minimum Gasteiger partial charge on any atom is -0.396 e. The van der Waals surface area contributed by atoms with Crippen molar-refractivity contribution in [2.75, 3.05) is 6.61 Å². The highest BCUT2D eigenvalue weighted by molar-refractivity contribution is 6.02. The van der Waals surface area contributed by atoms with Crippen molar-refractivity contribution in [2.24, 2.45) is 4.99 Å². The fourth-order valence-electron chi connectivity index (χ4n) is 2.99. The number of allylic oxidation sites excluding steroid dienone is 4. The first kappa shape index (κ1) is 13.0. The molecule has 3 rings (SSSR count).